The molecule has 9 heteroatoms. The van der Waals surface area contributed by atoms with E-state index in [-0.39, 0.29) is 11.5 Å². The summed E-state index contributed by atoms with van der Waals surface area (Å²) in [6, 6.07) is 4.35. The Hall–Kier alpha value is -2.26. The van der Waals surface area contributed by atoms with Gasteiger partial charge in [-0.2, -0.15) is 0 Å². The number of hydrogen-bond acceptors (Lipinski definition) is 7. The number of rotatable bonds is 7. The molecule has 0 saturated heterocycles. The average molecular weight is 426 g/mol. The summed E-state index contributed by atoms with van der Waals surface area (Å²) in [4.78, 5) is 13.6. The Labute approximate surface area is 168 Å². The Bertz CT molecular complexity index is 981. The maximum Gasteiger partial charge on any atom is 0.341 e. The van der Waals surface area contributed by atoms with E-state index in [1.54, 1.807) is 6.92 Å². The third-order valence-corrected chi connectivity index (χ3v) is 7.23. The largest absolute Gasteiger partial charge is 0.493 e. The first-order valence-corrected chi connectivity index (χ1v) is 11.3. The molecular weight excluding hydrogens is 402 g/mol. The lowest BCUT2D eigenvalue weighted by atomic mass is 9.95. The summed E-state index contributed by atoms with van der Waals surface area (Å²) in [6.45, 7) is 1.95. The van der Waals surface area contributed by atoms with E-state index in [2.05, 4.69) is 4.72 Å². The van der Waals surface area contributed by atoms with Crippen molar-refractivity contribution in [1.29, 1.82) is 0 Å². The van der Waals surface area contributed by atoms with Gasteiger partial charge in [0.25, 0.3) is 10.0 Å². The van der Waals surface area contributed by atoms with Gasteiger partial charge < -0.3 is 14.2 Å². The molecule has 1 aromatic heterocycles. The summed E-state index contributed by atoms with van der Waals surface area (Å²) in [5.74, 6) is 0.244. The van der Waals surface area contributed by atoms with E-state index < -0.39 is 16.0 Å². The molecule has 0 bridgehead atoms. The number of carbonyl (C=O) groups is 1. The maximum atomic E-state index is 13.0. The zero-order chi connectivity index (χ0) is 20.3. The summed E-state index contributed by atoms with van der Waals surface area (Å²) in [6.07, 6.45) is 3.58. The monoisotopic (exact) mass is 425 g/mol. The van der Waals surface area contributed by atoms with Crippen LogP contribution < -0.4 is 14.2 Å². The third kappa shape index (κ3) is 3.95. The van der Waals surface area contributed by atoms with Crippen molar-refractivity contribution in [1.82, 2.24) is 0 Å². The van der Waals surface area contributed by atoms with Crippen LogP contribution >= 0.6 is 11.3 Å². The standard InChI is InChI=1S/C19H23NO6S2/c1-4-26-19(21)17-13-7-5-6-8-16(13)27-18(17)20-28(22,23)12-9-10-14(24-2)15(11-12)25-3/h9-11,20H,4-8H2,1-3H3. The van der Waals surface area contributed by atoms with Crippen molar-refractivity contribution in [3.05, 3.63) is 34.2 Å². The number of carbonyl (C=O) groups excluding carboxylic acids is 1. The van der Waals surface area contributed by atoms with Crippen LogP contribution in [0.4, 0.5) is 5.00 Å². The summed E-state index contributed by atoms with van der Waals surface area (Å²) >= 11 is 1.31. The van der Waals surface area contributed by atoms with E-state index >= 15 is 0 Å². The Morgan fingerprint density at radius 3 is 2.54 bits per heavy atom. The topological polar surface area (TPSA) is 90.9 Å². The number of nitrogens with one attached hydrogen (secondary N) is 1. The Morgan fingerprint density at radius 1 is 1.14 bits per heavy atom. The Balaban J connectivity index is 2.00. The number of aryl methyl sites for hydroxylation is 1. The number of benzene rings is 1. The van der Waals surface area contributed by atoms with Crippen molar-refractivity contribution in [2.75, 3.05) is 25.5 Å². The SMILES string of the molecule is CCOC(=O)c1c(NS(=O)(=O)c2ccc(OC)c(OC)c2)sc2c1CCCC2. The number of thiophene rings is 1. The highest BCUT2D eigenvalue weighted by Gasteiger charge is 2.29. The van der Waals surface area contributed by atoms with E-state index in [4.69, 9.17) is 14.2 Å². The zero-order valence-corrected chi connectivity index (χ0v) is 17.7. The third-order valence-electron chi connectivity index (χ3n) is 4.54. The molecule has 1 heterocycles. The lowest BCUT2D eigenvalue weighted by Gasteiger charge is -2.13. The number of sulfonamides is 1. The molecule has 0 spiro atoms. The molecule has 3 rings (SSSR count). The summed E-state index contributed by atoms with van der Waals surface area (Å²) < 4.78 is 44.0. The minimum atomic E-state index is -3.92. The van der Waals surface area contributed by atoms with Gasteiger partial charge in [0, 0.05) is 10.9 Å². The van der Waals surface area contributed by atoms with Crippen molar-refractivity contribution in [2.45, 2.75) is 37.5 Å². The fourth-order valence-electron chi connectivity index (χ4n) is 3.22. The zero-order valence-electron chi connectivity index (χ0n) is 16.0. The molecule has 0 fully saturated rings. The van der Waals surface area contributed by atoms with Gasteiger partial charge in [-0.15, -0.1) is 11.3 Å². The van der Waals surface area contributed by atoms with Gasteiger partial charge in [-0.05, 0) is 50.3 Å². The lowest BCUT2D eigenvalue weighted by molar-refractivity contribution is 0.0526. The van der Waals surface area contributed by atoms with Crippen LogP contribution in [0.15, 0.2) is 23.1 Å². The van der Waals surface area contributed by atoms with Crippen LogP contribution in [0.5, 0.6) is 11.5 Å². The highest BCUT2D eigenvalue weighted by molar-refractivity contribution is 7.93. The first-order chi connectivity index (χ1) is 13.4. The summed E-state index contributed by atoms with van der Waals surface area (Å²) in [5.41, 5.74) is 1.24. The predicted octanol–water partition coefficient (Wildman–Crippen LogP) is 3.62. The Morgan fingerprint density at radius 2 is 1.86 bits per heavy atom. The van der Waals surface area contributed by atoms with Crippen LogP contribution in [0, 0.1) is 0 Å². The second kappa shape index (κ2) is 8.40. The van der Waals surface area contributed by atoms with Gasteiger partial charge in [0.15, 0.2) is 11.5 Å². The van der Waals surface area contributed by atoms with Crippen LogP contribution in [0.1, 0.15) is 40.6 Å². The molecule has 1 aliphatic rings. The number of hydrogen-bond donors (Lipinski definition) is 1. The Kier molecular flexibility index (Phi) is 6.14. The molecule has 0 saturated carbocycles. The van der Waals surface area contributed by atoms with Gasteiger partial charge in [0.1, 0.15) is 5.00 Å². The van der Waals surface area contributed by atoms with Gasteiger partial charge in [0.05, 0.1) is 31.3 Å². The van der Waals surface area contributed by atoms with Crippen molar-refractivity contribution >= 4 is 32.3 Å². The van der Waals surface area contributed by atoms with Crippen molar-refractivity contribution in [3.63, 3.8) is 0 Å². The minimum Gasteiger partial charge on any atom is -0.493 e. The van der Waals surface area contributed by atoms with Crippen LogP contribution in [-0.4, -0.2) is 35.2 Å². The van der Waals surface area contributed by atoms with Gasteiger partial charge >= 0.3 is 5.97 Å². The highest BCUT2D eigenvalue weighted by atomic mass is 32.2. The molecule has 1 aliphatic carbocycles. The normalized spacial score (nSPS) is 13.5. The summed E-state index contributed by atoms with van der Waals surface area (Å²) in [7, 11) is -1.01. The molecule has 1 N–H and O–H groups in total. The lowest BCUT2D eigenvalue weighted by Crippen LogP contribution is -2.16. The van der Waals surface area contributed by atoms with Crippen molar-refractivity contribution in [3.8, 4) is 11.5 Å². The van der Waals surface area contributed by atoms with Crippen LogP contribution in [-0.2, 0) is 27.6 Å². The second-order valence-electron chi connectivity index (χ2n) is 6.26. The fourth-order valence-corrected chi connectivity index (χ4v) is 5.82. The van der Waals surface area contributed by atoms with Crippen LogP contribution in [0.25, 0.3) is 0 Å². The molecule has 152 valence electrons. The van der Waals surface area contributed by atoms with E-state index in [0.29, 0.717) is 22.1 Å². The average Bonchev–Trinajstić information content (AvgIpc) is 3.04. The minimum absolute atomic E-state index is 0.0198. The number of anilines is 1. The van der Waals surface area contributed by atoms with Gasteiger partial charge in [-0.3, -0.25) is 4.72 Å². The highest BCUT2D eigenvalue weighted by Crippen LogP contribution is 2.40. The van der Waals surface area contributed by atoms with Gasteiger partial charge in [-0.1, -0.05) is 0 Å². The quantitative estimate of drug-likeness (QED) is 0.682. The van der Waals surface area contributed by atoms with E-state index in [1.807, 2.05) is 0 Å². The molecule has 0 aliphatic heterocycles. The van der Waals surface area contributed by atoms with E-state index in [9.17, 15) is 13.2 Å². The first-order valence-electron chi connectivity index (χ1n) is 8.97. The molecule has 2 aromatic rings. The molecule has 0 amide bonds. The fraction of sp³-hybridized carbons (Fsp3) is 0.421. The molecule has 1 aromatic carbocycles. The maximum absolute atomic E-state index is 13.0. The molecular formula is C19H23NO6S2. The number of methoxy groups -OCH3 is 2. The number of ether oxygens (including phenoxy) is 3. The smallest absolute Gasteiger partial charge is 0.341 e. The summed E-state index contributed by atoms with van der Waals surface area (Å²) in [5, 5.41) is 0.306. The van der Waals surface area contributed by atoms with Crippen LogP contribution in [0.2, 0.25) is 0 Å². The van der Waals surface area contributed by atoms with Gasteiger partial charge in [-0.25, -0.2) is 13.2 Å². The van der Waals surface area contributed by atoms with Crippen LogP contribution in [0.3, 0.4) is 0 Å². The molecule has 28 heavy (non-hydrogen) atoms. The number of esters is 1. The van der Waals surface area contributed by atoms with Gasteiger partial charge in [0.2, 0.25) is 0 Å². The van der Waals surface area contributed by atoms with Crippen molar-refractivity contribution in [2.24, 2.45) is 0 Å². The molecule has 0 atom stereocenters. The van der Waals surface area contributed by atoms with E-state index in [0.717, 1.165) is 36.1 Å². The van der Waals surface area contributed by atoms with Crippen molar-refractivity contribution < 1.29 is 27.4 Å². The molecule has 7 nitrogen and oxygen atoms in total. The van der Waals surface area contributed by atoms with E-state index in [1.165, 1.54) is 43.8 Å². The predicted molar refractivity (Wildman–Crippen MR) is 107 cm³/mol. The second-order valence-corrected chi connectivity index (χ2v) is 9.05. The molecule has 0 unspecified atom stereocenters. The number of fused-ring (bicyclic) bond motifs is 1. The molecule has 0 radical (unpaired) electrons. The first kappa shape index (κ1) is 20.5.